The molecule has 69 heavy (non-hydrogen) atoms. The summed E-state index contributed by atoms with van der Waals surface area (Å²) in [5.74, 6) is 2.57. The van der Waals surface area contributed by atoms with Crippen LogP contribution in [0.25, 0.3) is 16.9 Å². The second-order valence-corrected chi connectivity index (χ2v) is 16.7. The highest BCUT2D eigenvalue weighted by molar-refractivity contribution is 5.93. The van der Waals surface area contributed by atoms with Crippen molar-refractivity contribution in [1.82, 2.24) is 0 Å². The van der Waals surface area contributed by atoms with Gasteiger partial charge in [0, 0.05) is 17.7 Å². The molecule has 0 aliphatic carbocycles. The van der Waals surface area contributed by atoms with E-state index in [2.05, 4.69) is 50.9 Å². The molecule has 0 saturated carbocycles. The van der Waals surface area contributed by atoms with Crippen LogP contribution < -0.4 is 23.7 Å². The fraction of sp³-hybridized carbons (Fsp3) is 0.431. The van der Waals surface area contributed by atoms with Crippen molar-refractivity contribution in [2.45, 2.75) is 116 Å². The lowest BCUT2D eigenvalue weighted by atomic mass is 10.1. The van der Waals surface area contributed by atoms with Crippen LogP contribution in [-0.4, -0.2) is 64.2 Å². The molecule has 11 heteroatoms. The number of benzene rings is 4. The monoisotopic (exact) mass is 947 g/mol. The number of carbonyl (C=O) groups is 3. The average molecular weight is 947 g/mol. The van der Waals surface area contributed by atoms with Crippen molar-refractivity contribution in [2.75, 3.05) is 46.2 Å². The largest absolute Gasteiger partial charge is 0.494 e. The van der Waals surface area contributed by atoms with Gasteiger partial charge in [0.25, 0.3) is 0 Å². The van der Waals surface area contributed by atoms with E-state index in [-0.39, 0.29) is 5.97 Å². The van der Waals surface area contributed by atoms with Gasteiger partial charge in [-0.1, -0.05) is 76.6 Å². The Kier molecular flexibility index (Phi) is 27.1. The molecule has 4 aromatic rings. The Morgan fingerprint density at radius 3 is 1.25 bits per heavy atom. The number of hydrogen-bond acceptors (Lipinski definition) is 11. The third kappa shape index (κ3) is 22.9. The van der Waals surface area contributed by atoms with E-state index in [0.29, 0.717) is 69.1 Å². The molecule has 0 fully saturated rings. The first kappa shape index (κ1) is 55.1. The Hall–Kier alpha value is -6.49. The van der Waals surface area contributed by atoms with Crippen LogP contribution >= 0.6 is 0 Å². The van der Waals surface area contributed by atoms with Crippen LogP contribution in [0.15, 0.2) is 123 Å². The van der Waals surface area contributed by atoms with Crippen molar-refractivity contribution in [1.29, 1.82) is 0 Å². The van der Waals surface area contributed by atoms with Crippen LogP contribution in [-0.2, 0) is 23.8 Å². The first-order valence-corrected chi connectivity index (χ1v) is 24.9. The summed E-state index contributed by atoms with van der Waals surface area (Å²) >= 11 is 0. The molecule has 0 radical (unpaired) electrons. The van der Waals surface area contributed by atoms with E-state index in [4.69, 9.17) is 37.9 Å². The lowest BCUT2D eigenvalue weighted by molar-refractivity contribution is -0.138. The lowest BCUT2D eigenvalue weighted by Crippen LogP contribution is -2.10. The predicted octanol–water partition coefficient (Wildman–Crippen LogP) is 13.9. The molecule has 0 heterocycles. The summed E-state index contributed by atoms with van der Waals surface area (Å²) in [6, 6.07) is 29.0. The highest BCUT2D eigenvalue weighted by Crippen LogP contribution is 2.30. The highest BCUT2D eigenvalue weighted by Gasteiger charge is 2.17. The first-order valence-electron chi connectivity index (χ1n) is 24.9. The zero-order valence-corrected chi connectivity index (χ0v) is 40.9. The summed E-state index contributed by atoms with van der Waals surface area (Å²) in [4.78, 5) is 35.6. The maximum absolute atomic E-state index is 13.4. The molecule has 4 aromatic carbocycles. The summed E-state index contributed by atoms with van der Waals surface area (Å²) in [5.41, 5.74) is 3.32. The van der Waals surface area contributed by atoms with Gasteiger partial charge in [-0.15, -0.1) is 0 Å². The van der Waals surface area contributed by atoms with Crippen LogP contribution in [0.1, 0.15) is 132 Å². The number of carbonyl (C=O) groups excluding carboxylic acids is 3. The van der Waals surface area contributed by atoms with Gasteiger partial charge in [0.1, 0.15) is 40.1 Å². The van der Waals surface area contributed by atoms with Gasteiger partial charge in [-0.2, -0.15) is 0 Å². The zero-order valence-electron chi connectivity index (χ0n) is 40.9. The molecule has 0 aliphatic heterocycles. The fourth-order valence-electron chi connectivity index (χ4n) is 7.12. The second kappa shape index (κ2) is 33.9. The maximum Gasteiger partial charge on any atom is 0.342 e. The van der Waals surface area contributed by atoms with E-state index >= 15 is 0 Å². The number of ether oxygens (including phenoxy) is 8. The minimum absolute atomic E-state index is 0.322. The molecule has 0 saturated heterocycles. The SMILES string of the molecule is C=CC(=O)OCCCCCCOc1ccc(C(=C)Oc2ccc(OCCCCCCOc3ccc(-c4ccc(OCCCCCCOC(=O)C=C)cc4)cc3)c(C(=O)OCCCCCCC)c2)cc1. The number of rotatable bonds is 38. The Balaban J connectivity index is 1.15. The highest BCUT2D eigenvalue weighted by atomic mass is 16.5. The molecule has 0 aliphatic rings. The smallest absolute Gasteiger partial charge is 0.342 e. The van der Waals surface area contributed by atoms with Crippen LogP contribution in [0.5, 0.6) is 28.7 Å². The number of unbranched alkanes of at least 4 members (excludes halogenated alkanes) is 13. The lowest BCUT2D eigenvalue weighted by Gasteiger charge is -2.15. The molecule has 0 bridgehead atoms. The molecule has 0 atom stereocenters. The van der Waals surface area contributed by atoms with Crippen LogP contribution in [0.3, 0.4) is 0 Å². The quantitative estimate of drug-likeness (QED) is 0.0140. The van der Waals surface area contributed by atoms with Crippen LogP contribution in [0.4, 0.5) is 0 Å². The van der Waals surface area contributed by atoms with Gasteiger partial charge in [0.2, 0.25) is 0 Å². The van der Waals surface area contributed by atoms with Crippen molar-refractivity contribution in [3.05, 3.63) is 134 Å². The Bertz CT molecular complexity index is 2110. The van der Waals surface area contributed by atoms with E-state index in [1.807, 2.05) is 48.5 Å². The van der Waals surface area contributed by atoms with Crippen LogP contribution in [0.2, 0.25) is 0 Å². The third-order valence-corrected chi connectivity index (χ3v) is 11.1. The maximum atomic E-state index is 13.4. The normalized spacial score (nSPS) is 10.7. The predicted molar refractivity (Wildman–Crippen MR) is 273 cm³/mol. The molecule has 0 amide bonds. The molecule has 0 spiro atoms. The minimum Gasteiger partial charge on any atom is -0.494 e. The fourth-order valence-corrected chi connectivity index (χ4v) is 7.12. The Morgan fingerprint density at radius 2 is 0.812 bits per heavy atom. The molecule has 372 valence electrons. The second-order valence-electron chi connectivity index (χ2n) is 16.7. The van der Waals surface area contributed by atoms with Gasteiger partial charge in [-0.3, -0.25) is 0 Å². The number of esters is 3. The molecular formula is C58H74O11. The Labute approximate surface area is 410 Å². The van der Waals surface area contributed by atoms with Gasteiger partial charge in [-0.25, -0.2) is 14.4 Å². The van der Waals surface area contributed by atoms with E-state index in [1.165, 1.54) is 18.6 Å². The van der Waals surface area contributed by atoms with Gasteiger partial charge in [-0.05, 0) is 161 Å². The van der Waals surface area contributed by atoms with Gasteiger partial charge in [0.15, 0.2) is 0 Å². The Morgan fingerprint density at radius 1 is 0.435 bits per heavy atom. The van der Waals surface area contributed by atoms with E-state index in [1.54, 1.807) is 18.2 Å². The summed E-state index contributed by atoms with van der Waals surface area (Å²) in [5, 5.41) is 0. The topological polar surface area (TPSA) is 125 Å². The van der Waals surface area contributed by atoms with Crippen molar-refractivity contribution in [3.8, 4) is 39.9 Å². The minimum atomic E-state index is -0.440. The molecule has 4 rings (SSSR count). The zero-order chi connectivity index (χ0) is 49.2. The summed E-state index contributed by atoms with van der Waals surface area (Å²) < 4.78 is 45.9. The summed E-state index contributed by atoms with van der Waals surface area (Å²) in [6.45, 7) is 16.6. The molecular weight excluding hydrogens is 873 g/mol. The number of hydrogen-bond donors (Lipinski definition) is 0. The van der Waals surface area contributed by atoms with E-state index in [9.17, 15) is 14.4 Å². The molecule has 0 aromatic heterocycles. The van der Waals surface area contributed by atoms with Gasteiger partial charge < -0.3 is 37.9 Å². The van der Waals surface area contributed by atoms with E-state index < -0.39 is 11.9 Å². The summed E-state index contributed by atoms with van der Waals surface area (Å²) in [7, 11) is 0. The van der Waals surface area contributed by atoms with Crippen molar-refractivity contribution in [3.63, 3.8) is 0 Å². The van der Waals surface area contributed by atoms with E-state index in [0.717, 1.165) is 137 Å². The standard InChI is InChI=1S/C58H74O11/c1-5-8-9-10-23-44-68-58(61)54-45-53(69-46(4)47-24-30-50(31-25-47)62-38-18-12-15-21-42-66-56(59)6-2)36-37-55(54)65-41-20-14-11-17-39-63-51-32-26-48(27-33-51)49-28-34-52(35-29-49)64-40-19-13-16-22-43-67-57(60)7-3/h6-7,24-37,45H,2-5,8-23,38-44H2,1H3. The average Bonchev–Trinajstić information content (AvgIpc) is 3.37. The molecule has 11 nitrogen and oxygen atoms in total. The van der Waals surface area contributed by atoms with Crippen molar-refractivity contribution < 1.29 is 52.3 Å². The van der Waals surface area contributed by atoms with Crippen LogP contribution in [0, 0.1) is 0 Å². The molecule has 0 N–H and O–H groups in total. The van der Waals surface area contributed by atoms with Gasteiger partial charge in [0.05, 0.1) is 46.2 Å². The summed E-state index contributed by atoms with van der Waals surface area (Å²) in [6.07, 6.45) is 18.7. The van der Waals surface area contributed by atoms with Crippen molar-refractivity contribution in [2.24, 2.45) is 0 Å². The molecule has 0 unspecified atom stereocenters. The van der Waals surface area contributed by atoms with Gasteiger partial charge >= 0.3 is 17.9 Å². The van der Waals surface area contributed by atoms with Crippen molar-refractivity contribution >= 4 is 23.7 Å². The third-order valence-electron chi connectivity index (χ3n) is 11.1. The first-order chi connectivity index (χ1) is 33.8.